The lowest BCUT2D eigenvalue weighted by Gasteiger charge is -2.11. The molecule has 3 N–H and O–H groups in total. The van der Waals surface area contributed by atoms with Crippen molar-refractivity contribution in [3.8, 4) is 11.3 Å². The van der Waals surface area contributed by atoms with Gasteiger partial charge < -0.3 is 4.42 Å². The fraction of sp³-hybridized carbons (Fsp3) is 0. The maximum Gasteiger partial charge on any atom is 0.295 e. The van der Waals surface area contributed by atoms with Crippen molar-refractivity contribution in [1.29, 1.82) is 0 Å². The molecule has 2 aromatic carbocycles. The van der Waals surface area contributed by atoms with Crippen LogP contribution in [-0.2, 0) is 30.4 Å². The van der Waals surface area contributed by atoms with Crippen molar-refractivity contribution in [1.82, 2.24) is 0 Å². The number of carbonyl (C=O) groups is 1. The van der Waals surface area contributed by atoms with Gasteiger partial charge in [0.25, 0.3) is 30.4 Å². The van der Waals surface area contributed by atoms with Crippen LogP contribution in [0.5, 0.6) is 0 Å². The summed E-state index contributed by atoms with van der Waals surface area (Å²) in [5.41, 5.74) is -0.363. The summed E-state index contributed by atoms with van der Waals surface area (Å²) in [7, 11) is -14.9. The van der Waals surface area contributed by atoms with Crippen LogP contribution < -0.4 is 0 Å². The molecule has 0 radical (unpaired) electrons. The first kappa shape index (κ1) is 21.1. The van der Waals surface area contributed by atoms with Crippen LogP contribution in [0.4, 0.5) is 0 Å². The monoisotopic (exact) mass is 462 g/mol. The van der Waals surface area contributed by atoms with Crippen molar-refractivity contribution in [3.63, 3.8) is 0 Å². The van der Waals surface area contributed by atoms with Gasteiger partial charge in [-0.3, -0.25) is 18.5 Å². The Morgan fingerprint density at radius 2 is 1.38 bits per heavy atom. The smallest absolute Gasteiger partial charge is 0.295 e. The van der Waals surface area contributed by atoms with Gasteiger partial charge in [0.15, 0.2) is 12.0 Å². The Morgan fingerprint density at radius 3 is 1.86 bits per heavy atom. The highest BCUT2D eigenvalue weighted by Gasteiger charge is 2.25. The molecule has 11 nitrogen and oxygen atoms in total. The van der Waals surface area contributed by atoms with Crippen LogP contribution in [0.1, 0.15) is 10.6 Å². The molecule has 0 spiro atoms. The second-order valence-electron chi connectivity index (χ2n) is 5.74. The maximum atomic E-state index is 11.8. The molecule has 0 saturated heterocycles. The highest BCUT2D eigenvalue weighted by molar-refractivity contribution is 7.87. The summed E-state index contributed by atoms with van der Waals surface area (Å²) in [6, 6.07) is 5.22. The molecule has 0 aliphatic rings. The molecule has 0 fully saturated rings. The van der Waals surface area contributed by atoms with Gasteiger partial charge in [0.1, 0.15) is 15.6 Å². The molecule has 1 heterocycles. The van der Waals surface area contributed by atoms with E-state index in [0.717, 1.165) is 18.2 Å². The van der Waals surface area contributed by atoms with Crippen molar-refractivity contribution < 1.29 is 48.1 Å². The first-order valence-corrected chi connectivity index (χ1v) is 11.6. The van der Waals surface area contributed by atoms with Crippen molar-refractivity contribution >= 4 is 47.4 Å². The van der Waals surface area contributed by atoms with E-state index in [0.29, 0.717) is 12.4 Å². The third-order valence-corrected chi connectivity index (χ3v) is 6.47. The average Bonchev–Trinajstić information content (AvgIpc) is 3.06. The Morgan fingerprint density at radius 1 is 0.759 bits per heavy atom. The number of fused-ring (bicyclic) bond motifs is 1. The van der Waals surface area contributed by atoms with E-state index in [1.54, 1.807) is 0 Å². The molecule has 3 aromatic rings. The normalized spacial score (nSPS) is 12.9. The molecule has 0 bridgehead atoms. The van der Waals surface area contributed by atoms with Gasteiger partial charge in [-0.05, 0) is 41.8 Å². The van der Waals surface area contributed by atoms with Crippen molar-refractivity contribution in [2.45, 2.75) is 14.7 Å². The van der Waals surface area contributed by atoms with Gasteiger partial charge >= 0.3 is 0 Å². The van der Waals surface area contributed by atoms with Crippen molar-refractivity contribution in [2.24, 2.45) is 0 Å². The second-order valence-corrected chi connectivity index (χ2v) is 9.94. The summed E-state index contributed by atoms with van der Waals surface area (Å²) in [5.74, 6) is -0.431. The number of hydrogen-bond donors (Lipinski definition) is 3. The molecule has 0 atom stereocenters. The number of hydrogen-bond acceptors (Lipinski definition) is 8. The van der Waals surface area contributed by atoms with E-state index in [4.69, 9.17) is 4.42 Å². The van der Waals surface area contributed by atoms with Gasteiger partial charge in [0.2, 0.25) is 0 Å². The Bertz CT molecular complexity index is 1480. The molecular formula is C15H10O11S3. The van der Waals surface area contributed by atoms with Crippen LogP contribution in [0.25, 0.3) is 22.1 Å². The molecule has 14 heteroatoms. The number of aldehydes is 1. The molecule has 29 heavy (non-hydrogen) atoms. The molecule has 1 aromatic heterocycles. The molecule has 154 valence electrons. The third kappa shape index (κ3) is 4.07. The predicted octanol–water partition coefficient (Wildman–Crippen LogP) is 1.65. The van der Waals surface area contributed by atoms with Gasteiger partial charge in [-0.2, -0.15) is 25.3 Å². The van der Waals surface area contributed by atoms with E-state index < -0.39 is 45.0 Å². The Kier molecular flexibility index (Phi) is 4.89. The average molecular weight is 462 g/mol. The number of carbonyl (C=O) groups excluding carboxylic acids is 1. The van der Waals surface area contributed by atoms with Crippen LogP contribution in [0.3, 0.4) is 0 Å². The predicted molar refractivity (Wildman–Crippen MR) is 96.5 cm³/mol. The van der Waals surface area contributed by atoms with Crippen molar-refractivity contribution in [2.75, 3.05) is 0 Å². The minimum absolute atomic E-state index is 0.196. The number of rotatable bonds is 5. The molecule has 0 aliphatic heterocycles. The lowest BCUT2D eigenvalue weighted by molar-refractivity contribution is 0.110. The lowest BCUT2D eigenvalue weighted by Crippen LogP contribution is -2.06. The van der Waals surface area contributed by atoms with Gasteiger partial charge in [-0.15, -0.1) is 0 Å². The molecule has 3 rings (SSSR count). The van der Waals surface area contributed by atoms with E-state index >= 15 is 0 Å². The van der Waals surface area contributed by atoms with E-state index in [1.165, 1.54) is 12.1 Å². The fourth-order valence-corrected chi connectivity index (χ4v) is 4.72. The van der Waals surface area contributed by atoms with Gasteiger partial charge in [-0.25, -0.2) is 0 Å². The lowest BCUT2D eigenvalue weighted by atomic mass is 10.1. The Balaban J connectivity index is 2.54. The topological polar surface area (TPSA) is 193 Å². The summed E-state index contributed by atoms with van der Waals surface area (Å²) in [6.07, 6.45) is 0.319. The quantitative estimate of drug-likeness (QED) is 0.368. The molecule has 0 unspecified atom stereocenters. The van der Waals surface area contributed by atoms with Crippen LogP contribution in [0.2, 0.25) is 0 Å². The van der Waals surface area contributed by atoms with Gasteiger partial charge in [-0.1, -0.05) is 0 Å². The Hall–Kier alpha value is -2.62. The number of benzene rings is 2. The third-order valence-electron chi connectivity index (χ3n) is 3.85. The van der Waals surface area contributed by atoms with Crippen LogP contribution in [0.15, 0.2) is 55.5 Å². The van der Waals surface area contributed by atoms with Crippen LogP contribution >= 0.6 is 0 Å². The van der Waals surface area contributed by atoms with E-state index in [9.17, 15) is 43.7 Å². The van der Waals surface area contributed by atoms with Crippen LogP contribution in [0, 0.1) is 0 Å². The standard InChI is InChI=1S/C15H10O11S3/c16-7-9-1-2-13(26-9)12-6-11-8(4-14(12)28(20,21)22)3-10(27(17,18)19)5-15(11)29(23,24)25/h1-7H,(H,17,18,19)(H,20,21,22)(H,23,24,25). The van der Waals surface area contributed by atoms with E-state index in [2.05, 4.69) is 0 Å². The Labute approximate surface area is 163 Å². The summed E-state index contributed by atoms with van der Waals surface area (Å²) < 4.78 is 103. The maximum absolute atomic E-state index is 11.8. The molecular weight excluding hydrogens is 452 g/mol. The van der Waals surface area contributed by atoms with E-state index in [1.807, 2.05) is 0 Å². The summed E-state index contributed by atoms with van der Waals surface area (Å²) in [6.45, 7) is 0. The minimum atomic E-state index is -5.03. The number of furan rings is 1. The molecule has 0 amide bonds. The SMILES string of the molecule is O=Cc1ccc(-c2cc3c(S(=O)(=O)O)cc(S(=O)(=O)O)cc3cc2S(=O)(=O)O)o1. The van der Waals surface area contributed by atoms with Gasteiger partial charge in [0.05, 0.1) is 4.90 Å². The van der Waals surface area contributed by atoms with E-state index in [-0.39, 0.29) is 27.9 Å². The zero-order valence-corrected chi connectivity index (χ0v) is 16.3. The largest absolute Gasteiger partial charge is 0.453 e. The summed E-state index contributed by atoms with van der Waals surface area (Å²) in [5, 5.41) is -0.697. The first-order valence-electron chi connectivity index (χ1n) is 7.31. The van der Waals surface area contributed by atoms with Crippen molar-refractivity contribution in [3.05, 3.63) is 42.2 Å². The molecule has 0 saturated carbocycles. The zero-order chi connectivity index (χ0) is 21.8. The van der Waals surface area contributed by atoms with Crippen LogP contribution in [-0.4, -0.2) is 45.2 Å². The fourth-order valence-electron chi connectivity index (χ4n) is 2.66. The second kappa shape index (κ2) is 6.72. The highest BCUT2D eigenvalue weighted by Crippen LogP contribution is 2.36. The van der Waals surface area contributed by atoms with Gasteiger partial charge in [0, 0.05) is 10.9 Å². The first-order chi connectivity index (χ1) is 13.2. The zero-order valence-electron chi connectivity index (χ0n) is 13.9. The highest BCUT2D eigenvalue weighted by atomic mass is 32.2. The minimum Gasteiger partial charge on any atom is -0.453 e. The summed E-state index contributed by atoms with van der Waals surface area (Å²) >= 11 is 0. The molecule has 0 aliphatic carbocycles. The summed E-state index contributed by atoms with van der Waals surface area (Å²) in [4.78, 5) is 8.12.